The Hall–Kier alpha value is -1.52. The molecule has 0 aliphatic rings. The Morgan fingerprint density at radius 2 is 1.90 bits per heavy atom. The number of benzene rings is 2. The fourth-order valence-corrected chi connectivity index (χ4v) is 2.32. The number of aryl methyl sites for hydroxylation is 1. The van der Waals surface area contributed by atoms with Gasteiger partial charge in [0.2, 0.25) is 0 Å². The van der Waals surface area contributed by atoms with Crippen LogP contribution in [0, 0.1) is 6.92 Å². The average molecular weight is 368 g/mol. The standard InChI is InChI=1S/C16H16BrClN2O/c1-11-2-7-14(10-15(11)17)20-16(21)19-9-8-12-3-5-13(18)6-4-12/h2-7,10H,8-9H2,1H3,(H2,19,20,21). The van der Waals surface area contributed by atoms with E-state index in [-0.39, 0.29) is 6.03 Å². The van der Waals surface area contributed by atoms with E-state index in [1.165, 1.54) is 0 Å². The number of carbonyl (C=O) groups is 1. The molecule has 0 aliphatic carbocycles. The molecule has 2 N–H and O–H groups in total. The summed E-state index contributed by atoms with van der Waals surface area (Å²) in [7, 11) is 0. The van der Waals surface area contributed by atoms with E-state index < -0.39 is 0 Å². The number of nitrogens with one attached hydrogen (secondary N) is 2. The minimum atomic E-state index is -0.209. The summed E-state index contributed by atoms with van der Waals surface area (Å²) in [5.74, 6) is 0. The van der Waals surface area contributed by atoms with E-state index in [1.807, 2.05) is 49.4 Å². The molecule has 0 spiro atoms. The van der Waals surface area contributed by atoms with Crippen molar-refractivity contribution in [1.29, 1.82) is 0 Å². The molecule has 2 amide bonds. The van der Waals surface area contributed by atoms with Gasteiger partial charge in [-0.05, 0) is 48.7 Å². The maximum Gasteiger partial charge on any atom is 0.319 e. The minimum Gasteiger partial charge on any atom is -0.338 e. The van der Waals surface area contributed by atoms with Crippen LogP contribution in [0.15, 0.2) is 46.9 Å². The van der Waals surface area contributed by atoms with Gasteiger partial charge in [-0.2, -0.15) is 0 Å². The Kier molecular flexibility index (Phi) is 5.65. The van der Waals surface area contributed by atoms with Crippen LogP contribution in [0.5, 0.6) is 0 Å². The first-order valence-corrected chi connectivity index (χ1v) is 7.77. The third-order valence-corrected chi connectivity index (χ3v) is 4.15. The molecule has 0 aliphatic heterocycles. The van der Waals surface area contributed by atoms with Crippen LogP contribution in [0.2, 0.25) is 5.02 Å². The van der Waals surface area contributed by atoms with Crippen molar-refractivity contribution in [2.24, 2.45) is 0 Å². The normalized spacial score (nSPS) is 10.2. The third kappa shape index (κ3) is 5.06. The summed E-state index contributed by atoms with van der Waals surface area (Å²) >= 11 is 9.27. The summed E-state index contributed by atoms with van der Waals surface area (Å²) in [6.45, 7) is 2.57. The molecule has 2 rings (SSSR count). The average Bonchev–Trinajstić information content (AvgIpc) is 2.45. The van der Waals surface area contributed by atoms with Crippen molar-refractivity contribution < 1.29 is 4.79 Å². The van der Waals surface area contributed by atoms with Crippen LogP contribution in [0.3, 0.4) is 0 Å². The van der Waals surface area contributed by atoms with Crippen molar-refractivity contribution in [3.05, 3.63) is 63.1 Å². The van der Waals surface area contributed by atoms with E-state index in [1.54, 1.807) is 0 Å². The Balaban J connectivity index is 1.79. The lowest BCUT2D eigenvalue weighted by Crippen LogP contribution is -2.30. The van der Waals surface area contributed by atoms with Crippen molar-refractivity contribution >= 4 is 39.2 Å². The van der Waals surface area contributed by atoms with Crippen molar-refractivity contribution in [3.8, 4) is 0 Å². The molecule has 2 aromatic rings. The van der Waals surface area contributed by atoms with Gasteiger partial charge in [0.1, 0.15) is 0 Å². The van der Waals surface area contributed by atoms with E-state index >= 15 is 0 Å². The zero-order valence-corrected chi connectivity index (χ0v) is 14.0. The summed E-state index contributed by atoms with van der Waals surface area (Å²) in [6, 6.07) is 13.1. The molecule has 0 radical (unpaired) electrons. The molecule has 2 aromatic carbocycles. The van der Waals surface area contributed by atoms with Gasteiger partial charge in [-0.15, -0.1) is 0 Å². The first-order chi connectivity index (χ1) is 10.0. The van der Waals surface area contributed by atoms with E-state index in [4.69, 9.17) is 11.6 Å². The Morgan fingerprint density at radius 1 is 1.19 bits per heavy atom. The lowest BCUT2D eigenvalue weighted by atomic mass is 10.1. The molecule has 5 heteroatoms. The molecule has 0 aromatic heterocycles. The minimum absolute atomic E-state index is 0.209. The van der Waals surface area contributed by atoms with Gasteiger partial charge in [-0.25, -0.2) is 4.79 Å². The number of carbonyl (C=O) groups excluding carboxylic acids is 1. The topological polar surface area (TPSA) is 41.1 Å². The fraction of sp³-hybridized carbons (Fsp3) is 0.188. The Bertz CT molecular complexity index is 629. The van der Waals surface area contributed by atoms with Gasteiger partial charge < -0.3 is 10.6 Å². The van der Waals surface area contributed by atoms with Crippen molar-refractivity contribution in [2.75, 3.05) is 11.9 Å². The monoisotopic (exact) mass is 366 g/mol. The largest absolute Gasteiger partial charge is 0.338 e. The second-order valence-corrected chi connectivity index (χ2v) is 6.01. The highest BCUT2D eigenvalue weighted by atomic mass is 79.9. The highest BCUT2D eigenvalue weighted by Crippen LogP contribution is 2.20. The van der Waals surface area contributed by atoms with Crippen molar-refractivity contribution in [2.45, 2.75) is 13.3 Å². The maximum absolute atomic E-state index is 11.8. The van der Waals surface area contributed by atoms with E-state index in [2.05, 4.69) is 26.6 Å². The predicted octanol–water partition coefficient (Wildman–Crippen LogP) is 4.78. The molecular weight excluding hydrogens is 352 g/mol. The molecule has 0 saturated heterocycles. The summed E-state index contributed by atoms with van der Waals surface area (Å²) in [5, 5.41) is 6.35. The first kappa shape index (κ1) is 15.9. The fourth-order valence-electron chi connectivity index (χ4n) is 1.82. The second kappa shape index (κ2) is 7.48. The molecular formula is C16H16BrClN2O. The summed E-state index contributed by atoms with van der Waals surface area (Å²) in [6.07, 6.45) is 0.766. The summed E-state index contributed by atoms with van der Waals surface area (Å²) < 4.78 is 0.974. The van der Waals surface area contributed by atoms with Gasteiger partial charge in [0.15, 0.2) is 0 Å². The van der Waals surface area contributed by atoms with Crippen LogP contribution < -0.4 is 10.6 Å². The van der Waals surface area contributed by atoms with Gasteiger partial charge in [0.05, 0.1) is 0 Å². The van der Waals surface area contributed by atoms with Gasteiger partial charge in [-0.3, -0.25) is 0 Å². The third-order valence-electron chi connectivity index (χ3n) is 3.04. The molecule has 0 atom stereocenters. The van der Waals surface area contributed by atoms with E-state index in [0.29, 0.717) is 6.54 Å². The van der Waals surface area contributed by atoms with Gasteiger partial charge in [-0.1, -0.05) is 45.7 Å². The summed E-state index contributed by atoms with van der Waals surface area (Å²) in [5.41, 5.74) is 3.03. The molecule has 21 heavy (non-hydrogen) atoms. The molecule has 0 bridgehead atoms. The zero-order chi connectivity index (χ0) is 15.2. The van der Waals surface area contributed by atoms with Crippen LogP contribution in [0.1, 0.15) is 11.1 Å². The SMILES string of the molecule is Cc1ccc(NC(=O)NCCc2ccc(Cl)cc2)cc1Br. The van der Waals surface area contributed by atoms with Crippen molar-refractivity contribution in [1.82, 2.24) is 5.32 Å². The molecule has 0 heterocycles. The Labute approximate surface area is 137 Å². The number of urea groups is 1. The highest BCUT2D eigenvalue weighted by Gasteiger charge is 2.03. The molecule has 0 unspecified atom stereocenters. The predicted molar refractivity (Wildman–Crippen MR) is 91.1 cm³/mol. The lowest BCUT2D eigenvalue weighted by Gasteiger charge is -2.09. The molecule has 3 nitrogen and oxygen atoms in total. The maximum atomic E-state index is 11.8. The second-order valence-electron chi connectivity index (χ2n) is 4.72. The van der Waals surface area contributed by atoms with Crippen LogP contribution in [-0.2, 0) is 6.42 Å². The first-order valence-electron chi connectivity index (χ1n) is 6.60. The van der Waals surface area contributed by atoms with Crippen LogP contribution >= 0.6 is 27.5 Å². The molecule has 0 fully saturated rings. The number of rotatable bonds is 4. The quantitative estimate of drug-likeness (QED) is 0.802. The number of hydrogen-bond acceptors (Lipinski definition) is 1. The summed E-state index contributed by atoms with van der Waals surface area (Å²) in [4.78, 5) is 11.8. The smallest absolute Gasteiger partial charge is 0.319 e. The van der Waals surface area contributed by atoms with Crippen LogP contribution in [0.4, 0.5) is 10.5 Å². The van der Waals surface area contributed by atoms with Gasteiger partial charge in [0, 0.05) is 21.7 Å². The van der Waals surface area contributed by atoms with Gasteiger partial charge in [0.25, 0.3) is 0 Å². The van der Waals surface area contributed by atoms with E-state index in [0.717, 1.165) is 32.7 Å². The molecule has 0 saturated carbocycles. The molecule has 110 valence electrons. The number of amides is 2. The zero-order valence-electron chi connectivity index (χ0n) is 11.6. The lowest BCUT2D eigenvalue weighted by molar-refractivity contribution is 0.252. The van der Waals surface area contributed by atoms with Crippen molar-refractivity contribution in [3.63, 3.8) is 0 Å². The van der Waals surface area contributed by atoms with E-state index in [9.17, 15) is 4.79 Å². The van der Waals surface area contributed by atoms with Crippen LogP contribution in [0.25, 0.3) is 0 Å². The highest BCUT2D eigenvalue weighted by molar-refractivity contribution is 9.10. The van der Waals surface area contributed by atoms with Crippen LogP contribution in [-0.4, -0.2) is 12.6 Å². The number of hydrogen-bond donors (Lipinski definition) is 2. The Morgan fingerprint density at radius 3 is 2.57 bits per heavy atom. The van der Waals surface area contributed by atoms with Gasteiger partial charge >= 0.3 is 6.03 Å². The number of anilines is 1. The number of halogens is 2.